The number of carboxylic acids is 1. The van der Waals surface area contributed by atoms with Crippen molar-refractivity contribution >= 4 is 18.2 Å². The monoisotopic (exact) mass is 274 g/mol. The zero-order valence-electron chi connectivity index (χ0n) is 10.9. The summed E-state index contributed by atoms with van der Waals surface area (Å²) in [6.07, 6.45) is -0.981. The average molecular weight is 274 g/mol. The van der Waals surface area contributed by atoms with E-state index in [-0.39, 0.29) is 26.1 Å². The van der Waals surface area contributed by atoms with Gasteiger partial charge < -0.3 is 24.8 Å². The zero-order valence-corrected chi connectivity index (χ0v) is 10.9. The summed E-state index contributed by atoms with van der Waals surface area (Å²) in [5, 5.41) is 11.6. The number of nitrogens with one attached hydrogen (secondary N) is 1. The topological polar surface area (TPSA) is 105 Å². The normalized spacial score (nSPS) is 22.5. The molecular formula is C11H18N2O6. The van der Waals surface area contributed by atoms with Crippen molar-refractivity contribution in [2.45, 2.75) is 19.4 Å². The number of hydrogen-bond acceptors (Lipinski definition) is 5. The van der Waals surface area contributed by atoms with E-state index in [1.165, 1.54) is 12.0 Å². The van der Waals surface area contributed by atoms with Gasteiger partial charge in [-0.3, -0.25) is 4.79 Å². The maximum absolute atomic E-state index is 11.6. The fourth-order valence-corrected chi connectivity index (χ4v) is 1.97. The molecule has 8 heteroatoms. The van der Waals surface area contributed by atoms with Crippen LogP contribution in [0, 0.1) is 5.92 Å². The Balaban J connectivity index is 2.70. The van der Waals surface area contributed by atoms with Gasteiger partial charge in [-0.25, -0.2) is 9.59 Å². The molecule has 0 spiro atoms. The number of nitrogens with zero attached hydrogens (tertiary/aromatic N) is 1. The molecule has 1 saturated heterocycles. The highest BCUT2D eigenvalue weighted by Crippen LogP contribution is 2.18. The Morgan fingerprint density at radius 3 is 2.58 bits per heavy atom. The molecule has 0 bridgehead atoms. The van der Waals surface area contributed by atoms with Crippen LogP contribution < -0.4 is 5.32 Å². The first-order chi connectivity index (χ1) is 8.97. The van der Waals surface area contributed by atoms with Crippen LogP contribution in [0.3, 0.4) is 0 Å². The van der Waals surface area contributed by atoms with Gasteiger partial charge in [0, 0.05) is 13.1 Å². The number of likely N-dealkylation sites (tertiary alicyclic amines) is 1. The number of rotatable bonds is 3. The first-order valence-electron chi connectivity index (χ1n) is 5.96. The van der Waals surface area contributed by atoms with E-state index in [9.17, 15) is 14.4 Å². The summed E-state index contributed by atoms with van der Waals surface area (Å²) in [5.41, 5.74) is 0. The van der Waals surface area contributed by atoms with Gasteiger partial charge in [0.1, 0.15) is 0 Å². The second-order valence-electron chi connectivity index (χ2n) is 4.21. The Hall–Kier alpha value is -1.99. The van der Waals surface area contributed by atoms with Crippen LogP contribution in [0.2, 0.25) is 0 Å². The lowest BCUT2D eigenvalue weighted by Gasteiger charge is -2.35. The fraction of sp³-hybridized carbons (Fsp3) is 0.727. The maximum atomic E-state index is 11.6. The number of methoxy groups -OCH3 is 1. The van der Waals surface area contributed by atoms with Gasteiger partial charge in [-0.2, -0.15) is 0 Å². The van der Waals surface area contributed by atoms with Crippen LogP contribution in [-0.4, -0.2) is 61.0 Å². The Morgan fingerprint density at radius 1 is 1.37 bits per heavy atom. The Morgan fingerprint density at radius 2 is 2.05 bits per heavy atom. The van der Waals surface area contributed by atoms with Crippen LogP contribution >= 0.6 is 0 Å². The highest BCUT2D eigenvalue weighted by Gasteiger charge is 2.35. The van der Waals surface area contributed by atoms with Gasteiger partial charge in [-0.1, -0.05) is 0 Å². The van der Waals surface area contributed by atoms with Gasteiger partial charge in [0.25, 0.3) is 0 Å². The minimum Gasteiger partial charge on any atom is -0.481 e. The predicted molar refractivity (Wildman–Crippen MR) is 63.7 cm³/mol. The van der Waals surface area contributed by atoms with Gasteiger partial charge >= 0.3 is 18.2 Å². The first kappa shape index (κ1) is 15.1. The minimum absolute atomic E-state index is 0.0769. The average Bonchev–Trinajstić information content (AvgIpc) is 2.38. The number of piperidine rings is 1. The molecule has 0 aromatic carbocycles. The molecule has 0 radical (unpaired) electrons. The molecule has 2 amide bonds. The number of alkyl carbamates (subject to hydrolysis) is 1. The molecule has 1 heterocycles. The molecule has 2 unspecified atom stereocenters. The molecule has 0 saturated carbocycles. The van der Waals surface area contributed by atoms with E-state index >= 15 is 0 Å². The molecule has 8 nitrogen and oxygen atoms in total. The molecule has 1 aliphatic heterocycles. The van der Waals surface area contributed by atoms with Crippen molar-refractivity contribution in [3.05, 3.63) is 0 Å². The largest absolute Gasteiger partial charge is 0.481 e. The van der Waals surface area contributed by atoms with Gasteiger partial charge in [-0.05, 0) is 13.3 Å². The summed E-state index contributed by atoms with van der Waals surface area (Å²) in [6, 6.07) is -0.466. The van der Waals surface area contributed by atoms with Crippen molar-refractivity contribution in [3.63, 3.8) is 0 Å². The number of aliphatic carboxylic acids is 1. The molecule has 0 aliphatic carbocycles. The van der Waals surface area contributed by atoms with Crippen LogP contribution in [0.4, 0.5) is 9.59 Å². The third-order valence-corrected chi connectivity index (χ3v) is 2.83. The van der Waals surface area contributed by atoms with Crippen LogP contribution in [-0.2, 0) is 14.3 Å². The highest BCUT2D eigenvalue weighted by molar-refractivity contribution is 5.74. The van der Waals surface area contributed by atoms with E-state index in [1.807, 2.05) is 0 Å². The van der Waals surface area contributed by atoms with E-state index in [4.69, 9.17) is 9.84 Å². The third-order valence-electron chi connectivity index (χ3n) is 2.83. The molecule has 0 aromatic rings. The lowest BCUT2D eigenvalue weighted by atomic mass is 9.94. The van der Waals surface area contributed by atoms with E-state index in [0.29, 0.717) is 0 Å². The summed E-state index contributed by atoms with van der Waals surface area (Å²) >= 11 is 0. The standard InChI is InChI=1S/C11H18N2O6/c1-3-19-11(17)13-5-7(9(14)15)4-8(6-13)12-10(16)18-2/h7-8H,3-6H2,1-2H3,(H,12,16)(H,14,15). The number of ether oxygens (including phenoxy) is 2. The molecule has 1 rings (SSSR count). The predicted octanol–water partition coefficient (Wildman–Crippen LogP) is 0.274. The summed E-state index contributed by atoms with van der Waals surface area (Å²) < 4.78 is 9.30. The van der Waals surface area contributed by atoms with Crippen LogP contribution in [0.5, 0.6) is 0 Å². The number of carboxylic acid groups (broad SMARTS) is 1. The van der Waals surface area contributed by atoms with Gasteiger partial charge in [0.05, 0.1) is 25.7 Å². The SMILES string of the molecule is CCOC(=O)N1CC(NC(=O)OC)CC(C(=O)O)C1. The van der Waals surface area contributed by atoms with Crippen molar-refractivity contribution in [2.75, 3.05) is 26.8 Å². The van der Waals surface area contributed by atoms with Crippen molar-refractivity contribution in [1.29, 1.82) is 0 Å². The molecule has 0 aromatic heterocycles. The van der Waals surface area contributed by atoms with E-state index in [1.54, 1.807) is 6.92 Å². The molecule has 2 N–H and O–H groups in total. The lowest BCUT2D eigenvalue weighted by Crippen LogP contribution is -2.54. The molecule has 1 fully saturated rings. The summed E-state index contributed by atoms with van der Waals surface area (Å²) in [6.45, 7) is 2.16. The molecule has 108 valence electrons. The maximum Gasteiger partial charge on any atom is 0.409 e. The van der Waals surface area contributed by atoms with Crippen LogP contribution in [0.1, 0.15) is 13.3 Å². The Kier molecular flexibility index (Phi) is 5.40. The van der Waals surface area contributed by atoms with E-state index in [2.05, 4.69) is 10.1 Å². The number of carbonyl (C=O) groups is 3. The second kappa shape index (κ2) is 6.81. The smallest absolute Gasteiger partial charge is 0.409 e. The lowest BCUT2D eigenvalue weighted by molar-refractivity contribution is -0.143. The van der Waals surface area contributed by atoms with Gasteiger partial charge in [0.2, 0.25) is 0 Å². The van der Waals surface area contributed by atoms with E-state index < -0.39 is 30.1 Å². The summed E-state index contributed by atoms with van der Waals surface area (Å²) in [5.74, 6) is -1.74. The van der Waals surface area contributed by atoms with Gasteiger partial charge in [0.15, 0.2) is 0 Å². The second-order valence-corrected chi connectivity index (χ2v) is 4.21. The fourth-order valence-electron chi connectivity index (χ4n) is 1.97. The Labute approximate surface area is 110 Å². The van der Waals surface area contributed by atoms with E-state index in [0.717, 1.165) is 0 Å². The molecular weight excluding hydrogens is 256 g/mol. The summed E-state index contributed by atoms with van der Waals surface area (Å²) in [4.78, 5) is 35.1. The number of carbonyl (C=O) groups excluding carboxylic acids is 2. The molecule has 1 aliphatic rings. The van der Waals surface area contributed by atoms with Crippen molar-refractivity contribution in [2.24, 2.45) is 5.92 Å². The summed E-state index contributed by atoms with van der Waals surface area (Å²) in [7, 11) is 1.22. The van der Waals surface area contributed by atoms with Crippen molar-refractivity contribution in [3.8, 4) is 0 Å². The quantitative estimate of drug-likeness (QED) is 0.765. The zero-order chi connectivity index (χ0) is 14.4. The molecule has 19 heavy (non-hydrogen) atoms. The van der Waals surface area contributed by atoms with Crippen molar-refractivity contribution in [1.82, 2.24) is 10.2 Å². The highest BCUT2D eigenvalue weighted by atomic mass is 16.6. The number of hydrogen-bond donors (Lipinski definition) is 2. The first-order valence-corrected chi connectivity index (χ1v) is 5.96. The van der Waals surface area contributed by atoms with Gasteiger partial charge in [-0.15, -0.1) is 0 Å². The minimum atomic E-state index is -1.01. The third kappa shape index (κ3) is 4.31. The van der Waals surface area contributed by atoms with Crippen LogP contribution in [0.15, 0.2) is 0 Å². The molecule has 2 atom stereocenters. The number of amides is 2. The van der Waals surface area contributed by atoms with Crippen LogP contribution in [0.25, 0.3) is 0 Å². The Bertz CT molecular complexity index is 359. The van der Waals surface area contributed by atoms with Crippen molar-refractivity contribution < 1.29 is 29.0 Å².